The van der Waals surface area contributed by atoms with Crippen molar-refractivity contribution in [3.05, 3.63) is 59.9 Å². The summed E-state index contributed by atoms with van der Waals surface area (Å²) in [5.74, 6) is -0.0488. The van der Waals surface area contributed by atoms with E-state index in [2.05, 4.69) is 10.3 Å². The highest BCUT2D eigenvalue weighted by Crippen LogP contribution is 2.11. The van der Waals surface area contributed by atoms with E-state index in [9.17, 15) is 4.79 Å². The zero-order valence-corrected chi connectivity index (χ0v) is 14.4. The molecule has 1 heterocycles. The summed E-state index contributed by atoms with van der Waals surface area (Å²) in [7, 11) is 1.69. The second-order valence-electron chi connectivity index (χ2n) is 5.51. The Morgan fingerprint density at radius 1 is 1.21 bits per heavy atom. The Morgan fingerprint density at radius 3 is 2.62 bits per heavy atom. The molecule has 2 rings (SSSR count). The number of anilines is 1. The van der Waals surface area contributed by atoms with Gasteiger partial charge in [-0.25, -0.2) is 4.98 Å². The number of rotatable bonds is 9. The molecule has 0 aliphatic rings. The standard InChI is InChI=1S/C19H25N3O2/c1-3-22(15-16-8-5-4-6-9-16)19(23)18-11-10-17(14-21-18)20-12-7-13-24-2/h4-6,8-11,14,20H,3,7,12-13,15H2,1-2H3. The van der Waals surface area contributed by atoms with Crippen molar-refractivity contribution in [2.24, 2.45) is 0 Å². The average molecular weight is 327 g/mol. The molecular weight excluding hydrogens is 302 g/mol. The van der Waals surface area contributed by atoms with E-state index in [4.69, 9.17) is 4.74 Å². The summed E-state index contributed by atoms with van der Waals surface area (Å²) < 4.78 is 5.01. The minimum Gasteiger partial charge on any atom is -0.385 e. The smallest absolute Gasteiger partial charge is 0.272 e. The lowest BCUT2D eigenvalue weighted by molar-refractivity contribution is 0.0746. The molecule has 0 aliphatic carbocycles. The van der Waals surface area contributed by atoms with Gasteiger partial charge in [-0.15, -0.1) is 0 Å². The van der Waals surface area contributed by atoms with Crippen LogP contribution in [0.15, 0.2) is 48.7 Å². The first-order valence-electron chi connectivity index (χ1n) is 8.26. The van der Waals surface area contributed by atoms with Crippen molar-refractivity contribution in [3.8, 4) is 0 Å². The number of aromatic nitrogens is 1. The highest BCUT2D eigenvalue weighted by molar-refractivity contribution is 5.92. The van der Waals surface area contributed by atoms with E-state index < -0.39 is 0 Å². The number of methoxy groups -OCH3 is 1. The number of ether oxygens (including phenoxy) is 1. The fourth-order valence-corrected chi connectivity index (χ4v) is 2.37. The van der Waals surface area contributed by atoms with Gasteiger partial charge in [0.05, 0.1) is 11.9 Å². The summed E-state index contributed by atoms with van der Waals surface area (Å²) in [6.07, 6.45) is 2.63. The summed E-state index contributed by atoms with van der Waals surface area (Å²) in [4.78, 5) is 18.7. The van der Waals surface area contributed by atoms with E-state index >= 15 is 0 Å². The van der Waals surface area contributed by atoms with Crippen LogP contribution in [0.2, 0.25) is 0 Å². The second kappa shape index (κ2) is 9.67. The summed E-state index contributed by atoms with van der Waals surface area (Å²) in [5, 5.41) is 3.26. The summed E-state index contributed by atoms with van der Waals surface area (Å²) in [6.45, 7) is 4.76. The van der Waals surface area contributed by atoms with Crippen molar-refractivity contribution >= 4 is 11.6 Å². The van der Waals surface area contributed by atoms with Gasteiger partial charge in [0, 0.05) is 33.4 Å². The number of carbonyl (C=O) groups is 1. The highest BCUT2D eigenvalue weighted by atomic mass is 16.5. The molecule has 0 fully saturated rings. The van der Waals surface area contributed by atoms with Gasteiger partial charge in [-0.05, 0) is 31.0 Å². The molecule has 128 valence electrons. The van der Waals surface area contributed by atoms with Crippen LogP contribution in [0.5, 0.6) is 0 Å². The van der Waals surface area contributed by atoms with Gasteiger partial charge < -0.3 is 15.0 Å². The number of hydrogen-bond acceptors (Lipinski definition) is 4. The first kappa shape index (κ1) is 17.9. The largest absolute Gasteiger partial charge is 0.385 e. The topological polar surface area (TPSA) is 54.5 Å². The van der Waals surface area contributed by atoms with Crippen LogP contribution in [0, 0.1) is 0 Å². The van der Waals surface area contributed by atoms with Crippen LogP contribution in [0.3, 0.4) is 0 Å². The first-order chi connectivity index (χ1) is 11.7. The lowest BCUT2D eigenvalue weighted by Crippen LogP contribution is -2.30. The minimum atomic E-state index is -0.0488. The van der Waals surface area contributed by atoms with Gasteiger partial charge >= 0.3 is 0 Å². The summed E-state index contributed by atoms with van der Waals surface area (Å²) in [6, 6.07) is 13.7. The average Bonchev–Trinajstić information content (AvgIpc) is 2.64. The number of nitrogens with zero attached hydrogens (tertiary/aromatic N) is 2. The predicted molar refractivity (Wildman–Crippen MR) is 96.1 cm³/mol. The van der Waals surface area contributed by atoms with E-state index in [1.54, 1.807) is 24.3 Å². The van der Waals surface area contributed by atoms with Crippen molar-refractivity contribution in [1.82, 2.24) is 9.88 Å². The van der Waals surface area contributed by atoms with Crippen molar-refractivity contribution in [1.29, 1.82) is 0 Å². The Morgan fingerprint density at radius 2 is 2.00 bits per heavy atom. The van der Waals surface area contributed by atoms with Crippen LogP contribution >= 0.6 is 0 Å². The molecule has 24 heavy (non-hydrogen) atoms. The fourth-order valence-electron chi connectivity index (χ4n) is 2.37. The molecule has 0 radical (unpaired) electrons. The molecular formula is C19H25N3O2. The molecule has 0 spiro atoms. The molecule has 1 N–H and O–H groups in total. The van der Waals surface area contributed by atoms with Gasteiger partial charge in [0.25, 0.3) is 5.91 Å². The van der Waals surface area contributed by atoms with E-state index in [1.165, 1.54) is 0 Å². The number of hydrogen-bond donors (Lipinski definition) is 1. The van der Waals surface area contributed by atoms with E-state index in [0.717, 1.165) is 30.8 Å². The zero-order chi connectivity index (χ0) is 17.2. The van der Waals surface area contributed by atoms with Crippen LogP contribution < -0.4 is 5.32 Å². The van der Waals surface area contributed by atoms with Crippen LogP contribution in [-0.4, -0.2) is 42.6 Å². The number of nitrogens with one attached hydrogen (secondary N) is 1. The van der Waals surface area contributed by atoms with Crippen LogP contribution in [-0.2, 0) is 11.3 Å². The molecule has 1 amide bonds. The lowest BCUT2D eigenvalue weighted by atomic mass is 10.2. The number of benzene rings is 1. The maximum atomic E-state index is 12.6. The van der Waals surface area contributed by atoms with Crippen molar-refractivity contribution in [3.63, 3.8) is 0 Å². The molecule has 0 atom stereocenters. The van der Waals surface area contributed by atoms with Crippen molar-refractivity contribution in [2.75, 3.05) is 32.1 Å². The quantitative estimate of drug-likeness (QED) is 0.719. The monoisotopic (exact) mass is 327 g/mol. The minimum absolute atomic E-state index is 0.0488. The van der Waals surface area contributed by atoms with Gasteiger partial charge in [0.1, 0.15) is 5.69 Å². The van der Waals surface area contributed by atoms with E-state index in [1.807, 2.05) is 43.3 Å². The third-order valence-corrected chi connectivity index (χ3v) is 3.72. The predicted octanol–water partition coefficient (Wildman–Crippen LogP) is 3.19. The molecule has 0 bridgehead atoms. The van der Waals surface area contributed by atoms with Gasteiger partial charge in [-0.2, -0.15) is 0 Å². The Bertz CT molecular complexity index is 614. The number of carbonyl (C=O) groups excluding carboxylic acids is 1. The Balaban J connectivity index is 1.94. The Labute approximate surface area is 143 Å². The lowest BCUT2D eigenvalue weighted by Gasteiger charge is -2.20. The Kier molecular flexibility index (Phi) is 7.23. The maximum Gasteiger partial charge on any atom is 0.272 e. The Hall–Kier alpha value is -2.40. The van der Waals surface area contributed by atoms with Crippen LogP contribution in [0.1, 0.15) is 29.4 Å². The van der Waals surface area contributed by atoms with Gasteiger partial charge in [0.2, 0.25) is 0 Å². The molecule has 1 aromatic carbocycles. The fraction of sp³-hybridized carbons (Fsp3) is 0.368. The summed E-state index contributed by atoms with van der Waals surface area (Å²) in [5.41, 5.74) is 2.49. The van der Waals surface area contributed by atoms with Gasteiger partial charge in [0.15, 0.2) is 0 Å². The number of pyridine rings is 1. The third-order valence-electron chi connectivity index (χ3n) is 3.72. The SMILES string of the molecule is CCN(Cc1ccccc1)C(=O)c1ccc(NCCCOC)cn1. The molecule has 0 aliphatic heterocycles. The normalized spacial score (nSPS) is 10.4. The van der Waals surface area contributed by atoms with Crippen molar-refractivity contribution in [2.45, 2.75) is 19.9 Å². The molecule has 0 saturated heterocycles. The van der Waals surface area contributed by atoms with E-state index in [0.29, 0.717) is 18.8 Å². The van der Waals surface area contributed by atoms with Gasteiger partial charge in [-0.3, -0.25) is 4.79 Å². The molecule has 1 aromatic heterocycles. The summed E-state index contributed by atoms with van der Waals surface area (Å²) >= 11 is 0. The number of amides is 1. The molecule has 0 saturated carbocycles. The maximum absolute atomic E-state index is 12.6. The first-order valence-corrected chi connectivity index (χ1v) is 8.26. The third kappa shape index (κ3) is 5.35. The highest BCUT2D eigenvalue weighted by Gasteiger charge is 2.15. The van der Waals surface area contributed by atoms with Crippen molar-refractivity contribution < 1.29 is 9.53 Å². The van der Waals surface area contributed by atoms with Crippen LogP contribution in [0.4, 0.5) is 5.69 Å². The second-order valence-corrected chi connectivity index (χ2v) is 5.51. The molecule has 2 aromatic rings. The molecule has 5 heteroatoms. The van der Waals surface area contributed by atoms with Crippen LogP contribution in [0.25, 0.3) is 0 Å². The molecule has 5 nitrogen and oxygen atoms in total. The zero-order valence-electron chi connectivity index (χ0n) is 14.4. The molecule has 0 unspecified atom stereocenters. The van der Waals surface area contributed by atoms with Gasteiger partial charge in [-0.1, -0.05) is 30.3 Å². The van der Waals surface area contributed by atoms with E-state index in [-0.39, 0.29) is 5.91 Å².